The number of nitrogens with one attached hydrogen (secondary N) is 1. The molecule has 230 valence electrons. The number of morpholine rings is 1. The minimum Gasteiger partial charge on any atom is -0.383 e. The Labute approximate surface area is 258 Å². The Morgan fingerprint density at radius 3 is 2.61 bits per heavy atom. The number of hydrogen-bond donors (Lipinski definition) is 2. The van der Waals surface area contributed by atoms with E-state index in [-0.39, 0.29) is 5.91 Å². The number of fused-ring (bicyclic) bond motifs is 2. The van der Waals surface area contributed by atoms with E-state index in [2.05, 4.69) is 56.7 Å². The van der Waals surface area contributed by atoms with Crippen LogP contribution in [0.5, 0.6) is 0 Å². The van der Waals surface area contributed by atoms with Gasteiger partial charge in [0.25, 0.3) is 0 Å². The van der Waals surface area contributed by atoms with E-state index in [1.807, 2.05) is 24.1 Å². The Kier molecular flexibility index (Phi) is 9.30. The SMILES string of the molecule is C=CC(=O)N1CCC(NC)CC1.Nc1ncccc1-c1nc2ccc(CN3CCOCC3)nc2n1-c1ccc2c(c1)CCC2. The molecule has 0 spiro atoms. The third kappa shape index (κ3) is 6.52. The molecule has 3 aliphatic rings. The topological polar surface area (TPSA) is 114 Å². The fourth-order valence-electron chi connectivity index (χ4n) is 6.32. The van der Waals surface area contributed by atoms with Gasteiger partial charge in [-0.05, 0) is 92.8 Å². The van der Waals surface area contributed by atoms with Crippen LogP contribution in [0.15, 0.2) is 61.3 Å². The summed E-state index contributed by atoms with van der Waals surface area (Å²) in [4.78, 5) is 29.7. The fourth-order valence-corrected chi connectivity index (χ4v) is 6.32. The molecule has 2 saturated heterocycles. The highest BCUT2D eigenvalue weighted by Gasteiger charge is 2.22. The zero-order valence-electron chi connectivity index (χ0n) is 25.5. The van der Waals surface area contributed by atoms with Crippen LogP contribution < -0.4 is 11.1 Å². The Hall–Kier alpha value is -4.12. The Bertz CT molecular complexity index is 1620. The van der Waals surface area contributed by atoms with Gasteiger partial charge in [0.2, 0.25) is 5.91 Å². The summed E-state index contributed by atoms with van der Waals surface area (Å²) in [7, 11) is 1.97. The zero-order valence-corrected chi connectivity index (χ0v) is 25.5. The first kappa shape index (κ1) is 29.9. The number of nitrogen functional groups attached to an aromatic ring is 1. The molecule has 0 bridgehead atoms. The van der Waals surface area contributed by atoms with E-state index >= 15 is 0 Å². The molecule has 7 rings (SSSR count). The average molecular weight is 595 g/mol. The Morgan fingerprint density at radius 2 is 1.86 bits per heavy atom. The second-order valence-corrected chi connectivity index (χ2v) is 11.6. The van der Waals surface area contributed by atoms with Crippen LogP contribution in [0.1, 0.15) is 36.1 Å². The van der Waals surface area contributed by atoms with E-state index in [0.717, 1.165) is 106 Å². The molecule has 2 fully saturated rings. The maximum absolute atomic E-state index is 11.1. The number of pyridine rings is 2. The van der Waals surface area contributed by atoms with Crippen molar-refractivity contribution in [2.75, 3.05) is 52.2 Å². The van der Waals surface area contributed by atoms with E-state index in [1.165, 1.54) is 23.6 Å². The standard InChI is InChI=1S/C25H26N6O.C9H16N2O/c26-23-21(5-2-10-27-23)24-29-22-9-7-19(16-30-11-13-32-14-12-30)28-25(22)31(24)20-8-6-17-3-1-4-18(17)15-20;1-3-9(12)11-6-4-8(10-2)5-7-11/h2,5-10,15H,1,3-4,11-14,16H2,(H2,26,27);3,8,10H,1,4-7H2,2H3. The highest BCUT2D eigenvalue weighted by Crippen LogP contribution is 2.32. The van der Waals surface area contributed by atoms with Gasteiger partial charge in [-0.15, -0.1) is 0 Å². The summed E-state index contributed by atoms with van der Waals surface area (Å²) < 4.78 is 7.63. The molecule has 4 aromatic rings. The molecule has 44 heavy (non-hydrogen) atoms. The van der Waals surface area contributed by atoms with Gasteiger partial charge in [0, 0.05) is 50.6 Å². The molecular formula is C34H42N8O2. The number of nitrogens with two attached hydrogens (primary N) is 1. The molecule has 3 N–H and O–H groups in total. The number of ether oxygens (including phenoxy) is 1. The molecule has 1 aliphatic carbocycles. The molecule has 0 saturated carbocycles. The Balaban J connectivity index is 0.000000242. The number of amides is 1. The van der Waals surface area contributed by atoms with E-state index in [1.54, 1.807) is 6.20 Å². The van der Waals surface area contributed by atoms with Gasteiger partial charge in [-0.2, -0.15) is 0 Å². The number of rotatable bonds is 6. The van der Waals surface area contributed by atoms with Crippen molar-refractivity contribution in [1.82, 2.24) is 34.6 Å². The van der Waals surface area contributed by atoms with Crippen molar-refractivity contribution in [1.29, 1.82) is 0 Å². The molecule has 2 aliphatic heterocycles. The monoisotopic (exact) mass is 594 g/mol. The number of likely N-dealkylation sites (tertiary alicyclic amines) is 1. The lowest BCUT2D eigenvalue weighted by atomic mass is 10.1. The number of benzene rings is 1. The maximum atomic E-state index is 11.1. The average Bonchev–Trinajstić information content (AvgIpc) is 3.69. The third-order valence-corrected chi connectivity index (χ3v) is 8.86. The lowest BCUT2D eigenvalue weighted by Gasteiger charge is -2.30. The van der Waals surface area contributed by atoms with Crippen LogP contribution in [0.2, 0.25) is 0 Å². The summed E-state index contributed by atoms with van der Waals surface area (Å²) in [6.45, 7) is 9.41. The van der Waals surface area contributed by atoms with Crippen LogP contribution in [0.25, 0.3) is 28.2 Å². The zero-order chi connectivity index (χ0) is 30.5. The molecule has 3 aromatic heterocycles. The summed E-state index contributed by atoms with van der Waals surface area (Å²) in [6, 6.07) is 15.3. The number of imidazole rings is 1. The van der Waals surface area contributed by atoms with Crippen molar-refractivity contribution in [3.05, 3.63) is 78.1 Å². The highest BCUT2D eigenvalue weighted by atomic mass is 16.5. The van der Waals surface area contributed by atoms with Gasteiger partial charge in [0.15, 0.2) is 11.5 Å². The molecule has 10 heteroatoms. The predicted octanol–water partition coefficient (Wildman–Crippen LogP) is 3.77. The van der Waals surface area contributed by atoms with Crippen molar-refractivity contribution >= 4 is 22.9 Å². The number of aryl methyl sites for hydroxylation is 2. The van der Waals surface area contributed by atoms with Crippen molar-refractivity contribution in [2.24, 2.45) is 0 Å². The number of anilines is 1. The van der Waals surface area contributed by atoms with Crippen molar-refractivity contribution in [3.63, 3.8) is 0 Å². The second kappa shape index (κ2) is 13.7. The molecule has 0 atom stereocenters. The van der Waals surface area contributed by atoms with Gasteiger partial charge in [-0.3, -0.25) is 14.3 Å². The number of carbonyl (C=O) groups is 1. The van der Waals surface area contributed by atoms with Crippen molar-refractivity contribution < 1.29 is 9.53 Å². The van der Waals surface area contributed by atoms with Crippen LogP contribution in [0.4, 0.5) is 5.82 Å². The van der Waals surface area contributed by atoms with Gasteiger partial charge in [0.05, 0.1) is 24.5 Å². The first-order valence-corrected chi connectivity index (χ1v) is 15.6. The van der Waals surface area contributed by atoms with Crippen LogP contribution in [0, 0.1) is 0 Å². The molecule has 0 radical (unpaired) electrons. The number of nitrogens with zero attached hydrogens (tertiary/aromatic N) is 6. The van der Waals surface area contributed by atoms with Gasteiger partial charge in [-0.25, -0.2) is 15.0 Å². The molecular weight excluding hydrogens is 552 g/mol. The molecule has 1 amide bonds. The minimum absolute atomic E-state index is 0.0598. The predicted molar refractivity (Wildman–Crippen MR) is 173 cm³/mol. The van der Waals surface area contributed by atoms with Crippen LogP contribution >= 0.6 is 0 Å². The quantitative estimate of drug-likeness (QED) is 0.325. The number of aromatic nitrogens is 4. The summed E-state index contributed by atoms with van der Waals surface area (Å²) in [5, 5.41) is 3.22. The summed E-state index contributed by atoms with van der Waals surface area (Å²) in [5.41, 5.74) is 13.8. The Morgan fingerprint density at radius 1 is 1.07 bits per heavy atom. The minimum atomic E-state index is 0.0598. The summed E-state index contributed by atoms with van der Waals surface area (Å²) in [6.07, 6.45) is 8.69. The van der Waals surface area contributed by atoms with Gasteiger partial charge in [0.1, 0.15) is 11.3 Å². The molecule has 10 nitrogen and oxygen atoms in total. The van der Waals surface area contributed by atoms with Gasteiger partial charge >= 0.3 is 0 Å². The first-order chi connectivity index (χ1) is 21.5. The van der Waals surface area contributed by atoms with Gasteiger partial charge in [-0.1, -0.05) is 12.6 Å². The molecule has 0 unspecified atom stereocenters. The number of piperidine rings is 1. The van der Waals surface area contributed by atoms with Gasteiger partial charge < -0.3 is 20.7 Å². The number of hydrogen-bond acceptors (Lipinski definition) is 8. The lowest BCUT2D eigenvalue weighted by Crippen LogP contribution is -2.43. The second-order valence-electron chi connectivity index (χ2n) is 11.6. The molecule has 1 aromatic carbocycles. The highest BCUT2D eigenvalue weighted by molar-refractivity contribution is 5.87. The first-order valence-electron chi connectivity index (χ1n) is 15.6. The van der Waals surface area contributed by atoms with Crippen LogP contribution in [0.3, 0.4) is 0 Å². The molecule has 5 heterocycles. The van der Waals surface area contributed by atoms with Crippen molar-refractivity contribution in [2.45, 2.75) is 44.7 Å². The largest absolute Gasteiger partial charge is 0.383 e. The van der Waals surface area contributed by atoms with Crippen LogP contribution in [-0.4, -0.2) is 87.7 Å². The normalized spacial score (nSPS) is 17.2. The maximum Gasteiger partial charge on any atom is 0.245 e. The summed E-state index contributed by atoms with van der Waals surface area (Å²) >= 11 is 0. The van der Waals surface area contributed by atoms with E-state index in [4.69, 9.17) is 20.4 Å². The fraction of sp³-hybridized carbons (Fsp3) is 0.412. The van der Waals surface area contributed by atoms with E-state index < -0.39 is 0 Å². The van der Waals surface area contributed by atoms with Crippen LogP contribution in [-0.2, 0) is 28.9 Å². The van der Waals surface area contributed by atoms with E-state index in [0.29, 0.717) is 11.9 Å². The third-order valence-electron chi connectivity index (χ3n) is 8.86. The van der Waals surface area contributed by atoms with E-state index in [9.17, 15) is 4.79 Å². The number of carbonyl (C=O) groups excluding carboxylic acids is 1. The summed E-state index contributed by atoms with van der Waals surface area (Å²) in [5.74, 6) is 1.31. The van der Waals surface area contributed by atoms with Crippen molar-refractivity contribution in [3.8, 4) is 17.1 Å². The lowest BCUT2D eigenvalue weighted by molar-refractivity contribution is -0.127. The smallest absolute Gasteiger partial charge is 0.245 e.